The Bertz CT molecular complexity index is 426. The van der Waals surface area contributed by atoms with E-state index in [4.69, 9.17) is 4.74 Å². The molecule has 106 valence electrons. The van der Waals surface area contributed by atoms with Crippen LogP contribution in [0.1, 0.15) is 24.4 Å². The summed E-state index contributed by atoms with van der Waals surface area (Å²) in [6.07, 6.45) is 5.89. The molecule has 0 bridgehead atoms. The molecule has 0 radical (unpaired) electrons. The molecule has 1 amide bonds. The summed E-state index contributed by atoms with van der Waals surface area (Å²) in [6, 6.07) is -0.347. The van der Waals surface area contributed by atoms with Gasteiger partial charge in [0.1, 0.15) is 6.04 Å². The average Bonchev–Trinajstić information content (AvgIpc) is 3.02. The molecule has 1 saturated heterocycles. The Kier molecular flexibility index (Phi) is 4.55. The van der Waals surface area contributed by atoms with Crippen molar-refractivity contribution in [3.8, 4) is 0 Å². The van der Waals surface area contributed by atoms with Gasteiger partial charge in [-0.3, -0.25) is 9.48 Å². The molecule has 1 aromatic rings. The van der Waals surface area contributed by atoms with Crippen molar-refractivity contribution in [2.45, 2.75) is 25.0 Å². The standard InChI is InChI=1S/C13H22N4O2/c1-14-12(10-7-15-17(3)8-10)13(18)16(2)9-11-5-4-6-19-11/h7-8,11-12,14H,4-6,9H2,1-3H3. The molecular weight excluding hydrogens is 244 g/mol. The number of carbonyl (C=O) groups excluding carboxylic acids is 1. The highest BCUT2D eigenvalue weighted by molar-refractivity contribution is 5.83. The van der Waals surface area contributed by atoms with Crippen molar-refractivity contribution in [2.24, 2.45) is 7.05 Å². The SMILES string of the molecule is CNC(C(=O)N(C)CC1CCCO1)c1cnn(C)c1. The van der Waals surface area contributed by atoms with Crippen molar-refractivity contribution in [2.75, 3.05) is 27.2 Å². The van der Waals surface area contributed by atoms with Crippen LogP contribution in [0.5, 0.6) is 0 Å². The van der Waals surface area contributed by atoms with Crippen LogP contribution in [0.15, 0.2) is 12.4 Å². The Balaban J connectivity index is 1.99. The minimum atomic E-state index is -0.347. The van der Waals surface area contributed by atoms with Crippen LogP contribution in [0.2, 0.25) is 0 Å². The fourth-order valence-corrected chi connectivity index (χ4v) is 2.43. The molecular formula is C13H22N4O2. The Labute approximate surface area is 113 Å². The fourth-order valence-electron chi connectivity index (χ4n) is 2.43. The molecule has 0 saturated carbocycles. The quantitative estimate of drug-likeness (QED) is 0.834. The second-order valence-electron chi connectivity index (χ2n) is 5.02. The number of likely N-dealkylation sites (N-methyl/N-ethyl adjacent to an activating group) is 2. The fraction of sp³-hybridized carbons (Fsp3) is 0.692. The molecule has 2 rings (SSSR count). The van der Waals surface area contributed by atoms with Gasteiger partial charge in [0.05, 0.1) is 12.3 Å². The Morgan fingerprint density at radius 2 is 2.53 bits per heavy atom. The van der Waals surface area contributed by atoms with E-state index in [0.29, 0.717) is 6.54 Å². The maximum atomic E-state index is 12.4. The van der Waals surface area contributed by atoms with Gasteiger partial charge < -0.3 is 15.0 Å². The van der Waals surface area contributed by atoms with Crippen LogP contribution in [0.4, 0.5) is 0 Å². The molecule has 19 heavy (non-hydrogen) atoms. The van der Waals surface area contributed by atoms with Crippen molar-refractivity contribution < 1.29 is 9.53 Å². The molecule has 6 nitrogen and oxygen atoms in total. The highest BCUT2D eigenvalue weighted by Gasteiger charge is 2.26. The number of rotatable bonds is 5. The molecule has 0 spiro atoms. The van der Waals surface area contributed by atoms with Crippen molar-refractivity contribution in [3.63, 3.8) is 0 Å². The third kappa shape index (κ3) is 3.33. The van der Waals surface area contributed by atoms with E-state index in [1.54, 1.807) is 22.8 Å². The summed E-state index contributed by atoms with van der Waals surface area (Å²) in [7, 11) is 5.46. The van der Waals surface area contributed by atoms with Gasteiger partial charge >= 0.3 is 0 Å². The second-order valence-corrected chi connectivity index (χ2v) is 5.02. The second kappa shape index (κ2) is 6.16. The van der Waals surface area contributed by atoms with Crippen LogP contribution >= 0.6 is 0 Å². The number of amides is 1. The molecule has 0 aliphatic carbocycles. The third-order valence-electron chi connectivity index (χ3n) is 3.47. The first kappa shape index (κ1) is 14.0. The first-order valence-electron chi connectivity index (χ1n) is 6.64. The largest absolute Gasteiger partial charge is 0.376 e. The van der Waals surface area contributed by atoms with Crippen LogP contribution in [-0.4, -0.2) is 53.9 Å². The minimum Gasteiger partial charge on any atom is -0.376 e. The smallest absolute Gasteiger partial charge is 0.244 e. The predicted octanol–water partition coefficient (Wildman–Crippen LogP) is 0.318. The molecule has 1 aliphatic heterocycles. The molecule has 1 aliphatic rings. The number of hydrogen-bond donors (Lipinski definition) is 1. The zero-order chi connectivity index (χ0) is 13.8. The van der Waals surface area contributed by atoms with Crippen molar-refractivity contribution in [1.82, 2.24) is 20.0 Å². The first-order valence-corrected chi connectivity index (χ1v) is 6.64. The molecule has 6 heteroatoms. The van der Waals surface area contributed by atoms with E-state index >= 15 is 0 Å². The van der Waals surface area contributed by atoms with Crippen LogP contribution in [0.3, 0.4) is 0 Å². The van der Waals surface area contributed by atoms with E-state index < -0.39 is 0 Å². The lowest BCUT2D eigenvalue weighted by molar-refractivity contribution is -0.133. The zero-order valence-electron chi connectivity index (χ0n) is 11.8. The number of aromatic nitrogens is 2. The molecule has 1 fully saturated rings. The molecule has 2 atom stereocenters. The molecule has 1 aromatic heterocycles. The number of hydrogen-bond acceptors (Lipinski definition) is 4. The van der Waals surface area contributed by atoms with E-state index in [1.165, 1.54) is 0 Å². The van der Waals surface area contributed by atoms with Gasteiger partial charge in [-0.1, -0.05) is 0 Å². The zero-order valence-corrected chi connectivity index (χ0v) is 11.8. The predicted molar refractivity (Wildman–Crippen MR) is 71.6 cm³/mol. The molecule has 2 heterocycles. The lowest BCUT2D eigenvalue weighted by atomic mass is 10.1. The summed E-state index contributed by atoms with van der Waals surface area (Å²) in [4.78, 5) is 14.2. The summed E-state index contributed by atoms with van der Waals surface area (Å²) in [5.74, 6) is 0.0472. The van der Waals surface area contributed by atoms with Gasteiger partial charge in [-0.15, -0.1) is 0 Å². The van der Waals surface area contributed by atoms with Gasteiger partial charge in [0.15, 0.2) is 0 Å². The summed E-state index contributed by atoms with van der Waals surface area (Å²) in [5.41, 5.74) is 0.884. The van der Waals surface area contributed by atoms with E-state index in [-0.39, 0.29) is 18.1 Å². The van der Waals surface area contributed by atoms with Crippen LogP contribution in [-0.2, 0) is 16.6 Å². The van der Waals surface area contributed by atoms with E-state index in [0.717, 1.165) is 25.0 Å². The van der Waals surface area contributed by atoms with E-state index in [2.05, 4.69) is 10.4 Å². The lowest BCUT2D eigenvalue weighted by Gasteiger charge is -2.25. The summed E-state index contributed by atoms with van der Waals surface area (Å²) in [6.45, 7) is 1.46. The lowest BCUT2D eigenvalue weighted by Crippen LogP contribution is -2.40. The maximum Gasteiger partial charge on any atom is 0.244 e. The van der Waals surface area contributed by atoms with Gasteiger partial charge in [-0.25, -0.2) is 0 Å². The maximum absolute atomic E-state index is 12.4. The highest BCUT2D eigenvalue weighted by Crippen LogP contribution is 2.17. The third-order valence-corrected chi connectivity index (χ3v) is 3.47. The number of carbonyl (C=O) groups is 1. The Morgan fingerprint density at radius 1 is 1.74 bits per heavy atom. The van der Waals surface area contributed by atoms with Gasteiger partial charge in [-0.2, -0.15) is 5.10 Å². The van der Waals surface area contributed by atoms with Crippen LogP contribution < -0.4 is 5.32 Å². The minimum absolute atomic E-state index is 0.0472. The summed E-state index contributed by atoms with van der Waals surface area (Å²) >= 11 is 0. The average molecular weight is 266 g/mol. The summed E-state index contributed by atoms with van der Waals surface area (Å²) < 4.78 is 7.27. The number of nitrogens with one attached hydrogen (secondary N) is 1. The first-order chi connectivity index (χ1) is 9.11. The highest BCUT2D eigenvalue weighted by atomic mass is 16.5. The number of nitrogens with zero attached hydrogens (tertiary/aromatic N) is 3. The van der Waals surface area contributed by atoms with Gasteiger partial charge in [-0.05, 0) is 19.9 Å². The van der Waals surface area contributed by atoms with Crippen LogP contribution in [0.25, 0.3) is 0 Å². The Morgan fingerprint density at radius 3 is 3.05 bits per heavy atom. The summed E-state index contributed by atoms with van der Waals surface area (Å²) in [5, 5.41) is 7.16. The van der Waals surface area contributed by atoms with Gasteiger partial charge in [0.2, 0.25) is 5.91 Å². The molecule has 2 unspecified atom stereocenters. The molecule has 1 N–H and O–H groups in total. The molecule has 0 aromatic carbocycles. The number of aryl methyl sites for hydroxylation is 1. The van der Waals surface area contributed by atoms with Gasteiger partial charge in [0.25, 0.3) is 0 Å². The van der Waals surface area contributed by atoms with Crippen LogP contribution in [0, 0.1) is 0 Å². The Hall–Kier alpha value is -1.40. The van der Waals surface area contributed by atoms with Crippen molar-refractivity contribution >= 4 is 5.91 Å². The topological polar surface area (TPSA) is 59.4 Å². The monoisotopic (exact) mass is 266 g/mol. The van der Waals surface area contributed by atoms with Gasteiger partial charge in [0, 0.05) is 39.0 Å². The van der Waals surface area contributed by atoms with Crippen molar-refractivity contribution in [3.05, 3.63) is 18.0 Å². The van der Waals surface area contributed by atoms with E-state index in [1.807, 2.05) is 20.3 Å². The number of ether oxygens (including phenoxy) is 1. The van der Waals surface area contributed by atoms with Crippen molar-refractivity contribution in [1.29, 1.82) is 0 Å². The van der Waals surface area contributed by atoms with E-state index in [9.17, 15) is 4.79 Å². The normalized spacial score (nSPS) is 20.5.